The molecular formula is C14H23N3S. The number of aryl methyl sites for hydroxylation is 1. The Morgan fingerprint density at radius 2 is 2.11 bits per heavy atom. The second-order valence-electron chi connectivity index (χ2n) is 5.83. The molecule has 0 radical (unpaired) electrons. The first-order valence-electron chi connectivity index (χ1n) is 7.24. The van der Waals surface area contributed by atoms with E-state index in [1.807, 2.05) is 11.3 Å². The Morgan fingerprint density at radius 3 is 2.94 bits per heavy atom. The minimum atomic E-state index is 0.185. The molecule has 1 saturated heterocycles. The monoisotopic (exact) mass is 265 g/mol. The van der Waals surface area contributed by atoms with Gasteiger partial charge in [0.05, 0.1) is 5.69 Å². The predicted molar refractivity (Wildman–Crippen MR) is 77.2 cm³/mol. The Balaban J connectivity index is 1.79. The Morgan fingerprint density at radius 1 is 1.22 bits per heavy atom. The van der Waals surface area contributed by atoms with Crippen LogP contribution in [0.2, 0.25) is 0 Å². The number of thiazole rings is 1. The Kier molecular flexibility index (Phi) is 3.57. The van der Waals surface area contributed by atoms with E-state index in [0.717, 1.165) is 12.3 Å². The van der Waals surface area contributed by atoms with E-state index in [2.05, 4.69) is 11.8 Å². The normalized spacial score (nSPS) is 28.9. The molecule has 0 spiro atoms. The fourth-order valence-corrected chi connectivity index (χ4v) is 4.25. The number of fused-ring (bicyclic) bond motifs is 1. The van der Waals surface area contributed by atoms with Crippen LogP contribution in [0.3, 0.4) is 0 Å². The highest BCUT2D eigenvalue weighted by Gasteiger charge is 2.24. The molecule has 2 aliphatic rings. The van der Waals surface area contributed by atoms with Gasteiger partial charge in [0.2, 0.25) is 0 Å². The summed E-state index contributed by atoms with van der Waals surface area (Å²) >= 11 is 1.89. The van der Waals surface area contributed by atoms with Crippen molar-refractivity contribution in [3.8, 4) is 0 Å². The van der Waals surface area contributed by atoms with E-state index in [0.29, 0.717) is 0 Å². The van der Waals surface area contributed by atoms with Gasteiger partial charge in [-0.05, 0) is 44.4 Å². The van der Waals surface area contributed by atoms with E-state index in [1.165, 1.54) is 60.9 Å². The number of rotatable bonds is 1. The highest BCUT2D eigenvalue weighted by Crippen LogP contribution is 2.36. The van der Waals surface area contributed by atoms with Crippen LogP contribution >= 0.6 is 11.3 Å². The lowest BCUT2D eigenvalue weighted by Crippen LogP contribution is -2.24. The number of aromatic nitrogens is 1. The van der Waals surface area contributed by atoms with Crippen LogP contribution in [0.15, 0.2) is 0 Å². The SMILES string of the molecule is CC1CCCN(c2nc3c(s2)CCCC3N)CC1. The standard InChI is InChI=1S/C14H23N3S/c1-10-4-3-8-17(9-7-10)14-16-13-11(15)5-2-6-12(13)18-14/h10-11H,2-9,15H2,1H3. The first-order chi connectivity index (χ1) is 8.74. The van der Waals surface area contributed by atoms with Gasteiger partial charge in [0.1, 0.15) is 0 Å². The van der Waals surface area contributed by atoms with Crippen LogP contribution < -0.4 is 10.6 Å². The van der Waals surface area contributed by atoms with Gasteiger partial charge in [0, 0.05) is 24.0 Å². The molecule has 1 aliphatic heterocycles. The van der Waals surface area contributed by atoms with Crippen LogP contribution in [0.25, 0.3) is 0 Å². The third-order valence-electron chi connectivity index (χ3n) is 4.27. The zero-order valence-corrected chi connectivity index (χ0v) is 12.0. The molecule has 2 atom stereocenters. The Labute approximate surface area is 113 Å². The van der Waals surface area contributed by atoms with Crippen molar-refractivity contribution in [1.82, 2.24) is 4.98 Å². The third kappa shape index (κ3) is 2.41. The molecule has 2 unspecified atom stereocenters. The maximum Gasteiger partial charge on any atom is 0.185 e. The average Bonchev–Trinajstić information content (AvgIpc) is 2.67. The number of hydrogen-bond donors (Lipinski definition) is 1. The molecule has 1 aliphatic carbocycles. The van der Waals surface area contributed by atoms with Gasteiger partial charge in [-0.15, -0.1) is 11.3 Å². The van der Waals surface area contributed by atoms with Crippen LogP contribution in [0, 0.1) is 5.92 Å². The van der Waals surface area contributed by atoms with E-state index in [4.69, 9.17) is 10.7 Å². The van der Waals surface area contributed by atoms with Gasteiger partial charge in [-0.3, -0.25) is 0 Å². The largest absolute Gasteiger partial charge is 0.348 e. The lowest BCUT2D eigenvalue weighted by molar-refractivity contribution is 0.521. The van der Waals surface area contributed by atoms with Crippen LogP contribution in [0.5, 0.6) is 0 Å². The summed E-state index contributed by atoms with van der Waals surface area (Å²) in [7, 11) is 0. The van der Waals surface area contributed by atoms with Crippen LogP contribution in [-0.2, 0) is 6.42 Å². The second kappa shape index (κ2) is 5.17. The van der Waals surface area contributed by atoms with Crippen molar-refractivity contribution in [2.45, 2.75) is 51.5 Å². The molecule has 2 heterocycles. The van der Waals surface area contributed by atoms with E-state index in [1.54, 1.807) is 0 Å². The van der Waals surface area contributed by atoms with Crippen molar-refractivity contribution in [2.75, 3.05) is 18.0 Å². The van der Waals surface area contributed by atoms with E-state index in [-0.39, 0.29) is 6.04 Å². The van der Waals surface area contributed by atoms with Gasteiger partial charge in [0.15, 0.2) is 5.13 Å². The summed E-state index contributed by atoms with van der Waals surface area (Å²) in [5.41, 5.74) is 7.36. The molecular weight excluding hydrogens is 242 g/mol. The lowest BCUT2D eigenvalue weighted by atomic mass is 9.99. The zero-order chi connectivity index (χ0) is 12.5. The fraction of sp³-hybridized carbons (Fsp3) is 0.786. The maximum atomic E-state index is 6.17. The second-order valence-corrected chi connectivity index (χ2v) is 6.89. The van der Waals surface area contributed by atoms with E-state index >= 15 is 0 Å². The fourth-order valence-electron chi connectivity index (χ4n) is 3.03. The summed E-state index contributed by atoms with van der Waals surface area (Å²) in [4.78, 5) is 8.77. The molecule has 0 amide bonds. The predicted octanol–water partition coefficient (Wildman–Crippen LogP) is 3.11. The van der Waals surface area contributed by atoms with Gasteiger partial charge < -0.3 is 10.6 Å². The van der Waals surface area contributed by atoms with Gasteiger partial charge >= 0.3 is 0 Å². The first-order valence-corrected chi connectivity index (χ1v) is 8.06. The molecule has 1 fully saturated rings. The summed E-state index contributed by atoms with van der Waals surface area (Å²) in [5.74, 6) is 0.867. The third-order valence-corrected chi connectivity index (χ3v) is 5.47. The summed E-state index contributed by atoms with van der Waals surface area (Å²) in [6.07, 6.45) is 7.49. The highest BCUT2D eigenvalue weighted by molar-refractivity contribution is 7.15. The molecule has 1 aromatic heterocycles. The van der Waals surface area contributed by atoms with E-state index in [9.17, 15) is 0 Å². The topological polar surface area (TPSA) is 42.2 Å². The minimum Gasteiger partial charge on any atom is -0.348 e. The summed E-state index contributed by atoms with van der Waals surface area (Å²) in [6, 6.07) is 0.185. The van der Waals surface area contributed by atoms with Crippen molar-refractivity contribution in [3.63, 3.8) is 0 Å². The zero-order valence-electron chi connectivity index (χ0n) is 11.2. The van der Waals surface area contributed by atoms with Crippen molar-refractivity contribution < 1.29 is 0 Å². The molecule has 4 heteroatoms. The molecule has 0 aromatic carbocycles. The van der Waals surface area contributed by atoms with Gasteiger partial charge in [0.25, 0.3) is 0 Å². The van der Waals surface area contributed by atoms with Gasteiger partial charge in [-0.2, -0.15) is 0 Å². The number of hydrogen-bond acceptors (Lipinski definition) is 4. The summed E-state index contributed by atoms with van der Waals surface area (Å²) in [5, 5.41) is 1.23. The quantitative estimate of drug-likeness (QED) is 0.848. The first kappa shape index (κ1) is 12.4. The number of anilines is 1. The van der Waals surface area contributed by atoms with Crippen molar-refractivity contribution in [2.24, 2.45) is 11.7 Å². The van der Waals surface area contributed by atoms with Crippen molar-refractivity contribution >= 4 is 16.5 Å². The molecule has 100 valence electrons. The van der Waals surface area contributed by atoms with Crippen molar-refractivity contribution in [3.05, 3.63) is 10.6 Å². The Bertz CT molecular complexity index is 415. The number of nitrogens with zero attached hydrogens (tertiary/aromatic N) is 2. The molecule has 2 N–H and O–H groups in total. The molecule has 18 heavy (non-hydrogen) atoms. The minimum absolute atomic E-state index is 0.185. The highest BCUT2D eigenvalue weighted by atomic mass is 32.1. The van der Waals surface area contributed by atoms with Gasteiger partial charge in [-0.1, -0.05) is 6.92 Å². The molecule has 1 aromatic rings. The van der Waals surface area contributed by atoms with Gasteiger partial charge in [-0.25, -0.2) is 4.98 Å². The lowest BCUT2D eigenvalue weighted by Gasteiger charge is -2.19. The van der Waals surface area contributed by atoms with E-state index < -0.39 is 0 Å². The maximum absolute atomic E-state index is 6.17. The van der Waals surface area contributed by atoms with Crippen LogP contribution in [-0.4, -0.2) is 18.1 Å². The molecule has 0 saturated carbocycles. The number of nitrogens with two attached hydrogens (primary N) is 1. The smallest absolute Gasteiger partial charge is 0.185 e. The average molecular weight is 265 g/mol. The molecule has 3 nitrogen and oxygen atoms in total. The van der Waals surface area contributed by atoms with Crippen LogP contribution in [0.4, 0.5) is 5.13 Å². The Hall–Kier alpha value is -0.610. The van der Waals surface area contributed by atoms with Crippen molar-refractivity contribution in [1.29, 1.82) is 0 Å². The molecule has 0 bridgehead atoms. The summed E-state index contributed by atoms with van der Waals surface area (Å²) < 4.78 is 0. The van der Waals surface area contributed by atoms with Crippen LogP contribution in [0.1, 0.15) is 55.6 Å². The summed E-state index contributed by atoms with van der Waals surface area (Å²) in [6.45, 7) is 4.71. The molecule has 3 rings (SSSR count).